The molecular weight excluding hydrogens is 401 g/mol. The van der Waals surface area contributed by atoms with Gasteiger partial charge < -0.3 is 10.1 Å². The summed E-state index contributed by atoms with van der Waals surface area (Å²) >= 11 is 6.97. The lowest BCUT2D eigenvalue weighted by Gasteiger charge is -2.18. The van der Waals surface area contributed by atoms with E-state index in [9.17, 15) is 4.39 Å². The Morgan fingerprint density at radius 3 is 2.62 bits per heavy atom. The summed E-state index contributed by atoms with van der Waals surface area (Å²) in [7, 11) is 1.63. The highest BCUT2D eigenvalue weighted by Gasteiger charge is 2.10. The SMILES string of the molecule is COc1cc(NC(C)Cc2cccc(F)c2)c(Br)cc1Br. The second-order valence-electron chi connectivity index (χ2n) is 4.85. The first kappa shape index (κ1) is 16.3. The Hall–Kier alpha value is -1.07. The van der Waals surface area contributed by atoms with E-state index in [1.54, 1.807) is 19.2 Å². The van der Waals surface area contributed by atoms with E-state index in [4.69, 9.17) is 4.74 Å². The summed E-state index contributed by atoms with van der Waals surface area (Å²) in [6.07, 6.45) is 0.739. The zero-order valence-corrected chi connectivity index (χ0v) is 15.0. The number of nitrogens with one attached hydrogen (secondary N) is 1. The van der Waals surface area contributed by atoms with Gasteiger partial charge in [0.05, 0.1) is 17.3 Å². The van der Waals surface area contributed by atoms with Crippen molar-refractivity contribution in [3.8, 4) is 5.75 Å². The molecule has 0 saturated heterocycles. The minimum Gasteiger partial charge on any atom is -0.495 e. The van der Waals surface area contributed by atoms with Crippen LogP contribution in [-0.2, 0) is 6.42 Å². The summed E-state index contributed by atoms with van der Waals surface area (Å²) in [5.74, 6) is 0.560. The fourth-order valence-corrected chi connectivity index (χ4v) is 3.40. The smallest absolute Gasteiger partial charge is 0.135 e. The van der Waals surface area contributed by atoms with E-state index >= 15 is 0 Å². The van der Waals surface area contributed by atoms with E-state index in [-0.39, 0.29) is 11.9 Å². The largest absolute Gasteiger partial charge is 0.495 e. The number of halogens is 3. The number of methoxy groups -OCH3 is 1. The summed E-state index contributed by atoms with van der Waals surface area (Å²) < 4.78 is 20.3. The third-order valence-electron chi connectivity index (χ3n) is 3.07. The van der Waals surface area contributed by atoms with Gasteiger partial charge in [0.1, 0.15) is 11.6 Å². The number of ether oxygens (including phenoxy) is 1. The molecule has 112 valence electrons. The van der Waals surface area contributed by atoms with Crippen molar-refractivity contribution in [2.75, 3.05) is 12.4 Å². The summed E-state index contributed by atoms with van der Waals surface area (Å²) in [4.78, 5) is 0. The molecular formula is C16H16Br2FNO. The lowest BCUT2D eigenvalue weighted by molar-refractivity contribution is 0.412. The number of rotatable bonds is 5. The summed E-state index contributed by atoms with van der Waals surface area (Å²) in [5.41, 5.74) is 1.91. The Bertz CT molecular complexity index is 634. The summed E-state index contributed by atoms with van der Waals surface area (Å²) in [6.45, 7) is 2.06. The predicted octanol–water partition coefficient (Wildman–Crippen LogP) is 5.40. The van der Waals surface area contributed by atoms with E-state index in [2.05, 4.69) is 44.1 Å². The minimum absolute atomic E-state index is 0.161. The third kappa shape index (κ3) is 4.45. The van der Waals surface area contributed by atoms with Crippen LogP contribution in [0.4, 0.5) is 10.1 Å². The van der Waals surface area contributed by atoms with Crippen LogP contribution in [0.15, 0.2) is 45.3 Å². The van der Waals surface area contributed by atoms with Crippen molar-refractivity contribution in [1.82, 2.24) is 0 Å². The van der Waals surface area contributed by atoms with Crippen LogP contribution >= 0.6 is 31.9 Å². The highest BCUT2D eigenvalue weighted by atomic mass is 79.9. The molecule has 0 spiro atoms. The zero-order chi connectivity index (χ0) is 15.4. The molecule has 1 unspecified atom stereocenters. The fraction of sp³-hybridized carbons (Fsp3) is 0.250. The van der Waals surface area contributed by atoms with Crippen molar-refractivity contribution in [2.24, 2.45) is 0 Å². The van der Waals surface area contributed by atoms with E-state index in [1.807, 2.05) is 18.2 Å². The van der Waals surface area contributed by atoms with Crippen LogP contribution in [0.2, 0.25) is 0 Å². The highest BCUT2D eigenvalue weighted by molar-refractivity contribution is 9.11. The first-order valence-corrected chi connectivity index (χ1v) is 8.12. The van der Waals surface area contributed by atoms with Crippen molar-refractivity contribution in [3.63, 3.8) is 0 Å². The van der Waals surface area contributed by atoms with Gasteiger partial charge in [-0.2, -0.15) is 0 Å². The average molecular weight is 417 g/mol. The van der Waals surface area contributed by atoms with Crippen LogP contribution < -0.4 is 10.1 Å². The maximum atomic E-state index is 13.2. The Kier molecular flexibility index (Phi) is 5.65. The third-order valence-corrected chi connectivity index (χ3v) is 4.35. The van der Waals surface area contributed by atoms with Gasteiger partial charge in [0.15, 0.2) is 0 Å². The number of anilines is 1. The molecule has 0 aliphatic heterocycles. The zero-order valence-electron chi connectivity index (χ0n) is 11.8. The molecule has 1 atom stereocenters. The van der Waals surface area contributed by atoms with Crippen LogP contribution in [0.5, 0.6) is 5.75 Å². The van der Waals surface area contributed by atoms with Gasteiger partial charge >= 0.3 is 0 Å². The topological polar surface area (TPSA) is 21.3 Å². The van der Waals surface area contributed by atoms with Gasteiger partial charge in [-0.15, -0.1) is 0 Å². The van der Waals surface area contributed by atoms with Crippen LogP contribution in [0.25, 0.3) is 0 Å². The minimum atomic E-state index is -0.203. The molecule has 2 aromatic rings. The molecule has 0 aromatic heterocycles. The molecule has 0 aliphatic carbocycles. The molecule has 2 aromatic carbocycles. The van der Waals surface area contributed by atoms with Gasteiger partial charge in [-0.25, -0.2) is 4.39 Å². The Morgan fingerprint density at radius 2 is 1.95 bits per heavy atom. The first-order chi connectivity index (χ1) is 9.99. The molecule has 1 N–H and O–H groups in total. The standard InChI is InChI=1S/C16H16Br2FNO/c1-10(6-11-4-3-5-12(19)7-11)20-15-9-16(21-2)14(18)8-13(15)17/h3-5,7-10,20H,6H2,1-2H3. The van der Waals surface area contributed by atoms with E-state index in [1.165, 1.54) is 6.07 Å². The monoisotopic (exact) mass is 415 g/mol. The molecule has 0 saturated carbocycles. The molecule has 0 heterocycles. The lowest BCUT2D eigenvalue weighted by Crippen LogP contribution is -2.18. The fourth-order valence-electron chi connectivity index (χ4n) is 2.13. The molecule has 5 heteroatoms. The lowest BCUT2D eigenvalue weighted by atomic mass is 10.1. The maximum Gasteiger partial charge on any atom is 0.135 e. The first-order valence-electron chi connectivity index (χ1n) is 6.53. The Balaban J connectivity index is 2.10. The molecule has 2 nitrogen and oxygen atoms in total. The van der Waals surface area contributed by atoms with Crippen LogP contribution in [0, 0.1) is 5.82 Å². The van der Waals surface area contributed by atoms with Gasteiger partial charge in [0, 0.05) is 16.6 Å². The van der Waals surface area contributed by atoms with E-state index in [0.717, 1.165) is 32.4 Å². The second kappa shape index (κ2) is 7.27. The maximum absolute atomic E-state index is 13.2. The van der Waals surface area contributed by atoms with E-state index < -0.39 is 0 Å². The second-order valence-corrected chi connectivity index (χ2v) is 6.55. The molecule has 0 aliphatic rings. The predicted molar refractivity (Wildman–Crippen MR) is 91.6 cm³/mol. The van der Waals surface area contributed by atoms with Gasteiger partial charge in [-0.05, 0) is 69.0 Å². The van der Waals surface area contributed by atoms with Crippen LogP contribution in [-0.4, -0.2) is 13.2 Å². The van der Waals surface area contributed by atoms with Gasteiger partial charge in [-0.3, -0.25) is 0 Å². The average Bonchev–Trinajstić information content (AvgIpc) is 2.41. The summed E-state index contributed by atoms with van der Waals surface area (Å²) in [6, 6.07) is 10.7. The van der Waals surface area contributed by atoms with Crippen molar-refractivity contribution in [1.29, 1.82) is 0 Å². The van der Waals surface area contributed by atoms with Crippen molar-refractivity contribution < 1.29 is 9.13 Å². The van der Waals surface area contributed by atoms with Crippen molar-refractivity contribution in [2.45, 2.75) is 19.4 Å². The molecule has 2 rings (SSSR count). The van der Waals surface area contributed by atoms with Crippen LogP contribution in [0.3, 0.4) is 0 Å². The van der Waals surface area contributed by atoms with E-state index in [0.29, 0.717) is 0 Å². The number of hydrogen-bond donors (Lipinski definition) is 1. The van der Waals surface area contributed by atoms with Crippen molar-refractivity contribution in [3.05, 3.63) is 56.7 Å². The Morgan fingerprint density at radius 1 is 1.19 bits per heavy atom. The van der Waals surface area contributed by atoms with Gasteiger partial charge in [0.25, 0.3) is 0 Å². The van der Waals surface area contributed by atoms with Gasteiger partial charge in [-0.1, -0.05) is 12.1 Å². The molecule has 21 heavy (non-hydrogen) atoms. The van der Waals surface area contributed by atoms with Gasteiger partial charge in [0.2, 0.25) is 0 Å². The summed E-state index contributed by atoms with van der Waals surface area (Å²) in [5, 5.41) is 3.41. The van der Waals surface area contributed by atoms with Crippen LogP contribution in [0.1, 0.15) is 12.5 Å². The number of benzene rings is 2. The molecule has 0 radical (unpaired) electrons. The molecule has 0 bridgehead atoms. The number of hydrogen-bond acceptors (Lipinski definition) is 2. The normalized spacial score (nSPS) is 12.0. The highest BCUT2D eigenvalue weighted by Crippen LogP contribution is 2.35. The quantitative estimate of drug-likeness (QED) is 0.704. The van der Waals surface area contributed by atoms with Crippen molar-refractivity contribution >= 4 is 37.5 Å². The molecule has 0 fully saturated rings. The molecule has 0 amide bonds. The Labute approximate surface area is 141 Å².